The summed E-state index contributed by atoms with van der Waals surface area (Å²) in [5.41, 5.74) is 6.94. The molecule has 1 amide bonds. The molecule has 2 aromatic carbocycles. The molecule has 0 fully saturated rings. The van der Waals surface area contributed by atoms with Gasteiger partial charge in [0.2, 0.25) is 5.91 Å². The summed E-state index contributed by atoms with van der Waals surface area (Å²) in [6, 6.07) is 13.1. The summed E-state index contributed by atoms with van der Waals surface area (Å²) in [6.07, 6.45) is 3.83. The van der Waals surface area contributed by atoms with Crippen molar-refractivity contribution >= 4 is 38.5 Å². The molecule has 28 heavy (non-hydrogen) atoms. The van der Waals surface area contributed by atoms with Gasteiger partial charge in [-0.05, 0) is 49.2 Å². The molecule has 4 N–H and O–H groups in total. The smallest absolute Gasteiger partial charge is 0.224 e. The Balaban J connectivity index is 1.63. The van der Waals surface area contributed by atoms with Crippen molar-refractivity contribution in [3.63, 3.8) is 0 Å². The highest BCUT2D eigenvalue weighted by Crippen LogP contribution is 2.17. The standard InChI is InChI=1S/C19H25N3O4S2/c1-28(25,26)16-12-10-15(11-13-16)27(24)21-14-6-2-3-9-19(23)22-18-8-5-4-7-17(18)20/h4-5,7-8,10-13,21H,2-3,6,9,14,20H2,1H3,(H,22,23). The fourth-order valence-electron chi connectivity index (χ4n) is 2.47. The number of para-hydroxylation sites is 2. The van der Waals surface area contributed by atoms with Crippen LogP contribution >= 0.6 is 0 Å². The maximum Gasteiger partial charge on any atom is 0.224 e. The first-order valence-corrected chi connectivity index (χ1v) is 11.9. The van der Waals surface area contributed by atoms with E-state index in [0.29, 0.717) is 29.2 Å². The zero-order valence-corrected chi connectivity index (χ0v) is 17.3. The van der Waals surface area contributed by atoms with E-state index >= 15 is 0 Å². The zero-order chi connectivity index (χ0) is 20.6. The molecule has 1 unspecified atom stereocenters. The number of hydrogen-bond donors (Lipinski definition) is 3. The number of nitrogens with two attached hydrogens (primary N) is 1. The molecule has 0 spiro atoms. The zero-order valence-electron chi connectivity index (χ0n) is 15.7. The van der Waals surface area contributed by atoms with Crippen molar-refractivity contribution in [2.24, 2.45) is 0 Å². The Hall–Kier alpha value is -2.07. The van der Waals surface area contributed by atoms with Crippen LogP contribution in [0.4, 0.5) is 11.4 Å². The molecule has 152 valence electrons. The van der Waals surface area contributed by atoms with Crippen LogP contribution in [0.2, 0.25) is 0 Å². The first kappa shape index (κ1) is 22.2. The number of carbonyl (C=O) groups excluding carboxylic acids is 1. The van der Waals surface area contributed by atoms with Crippen molar-refractivity contribution in [2.45, 2.75) is 35.5 Å². The Labute approximate surface area is 168 Å². The van der Waals surface area contributed by atoms with Gasteiger partial charge in [-0.25, -0.2) is 8.42 Å². The fourth-order valence-corrected chi connectivity index (χ4v) is 3.98. The minimum Gasteiger partial charge on any atom is -0.593 e. The highest BCUT2D eigenvalue weighted by Gasteiger charge is 2.13. The maximum absolute atomic E-state index is 12.2. The molecular formula is C19H25N3O4S2. The van der Waals surface area contributed by atoms with Gasteiger partial charge in [0.05, 0.1) is 27.6 Å². The van der Waals surface area contributed by atoms with Gasteiger partial charge in [0.1, 0.15) is 0 Å². The highest BCUT2D eigenvalue weighted by atomic mass is 32.2. The van der Waals surface area contributed by atoms with Crippen molar-refractivity contribution < 1.29 is 17.8 Å². The van der Waals surface area contributed by atoms with Crippen molar-refractivity contribution in [3.05, 3.63) is 48.5 Å². The molecule has 0 bridgehead atoms. The van der Waals surface area contributed by atoms with Crippen LogP contribution < -0.4 is 15.8 Å². The normalized spacial score (nSPS) is 12.5. The molecule has 0 aromatic heterocycles. The van der Waals surface area contributed by atoms with Gasteiger partial charge in [-0.1, -0.05) is 18.6 Å². The Morgan fingerprint density at radius 2 is 1.75 bits per heavy atom. The molecule has 2 aromatic rings. The van der Waals surface area contributed by atoms with E-state index in [-0.39, 0.29) is 10.8 Å². The average molecular weight is 424 g/mol. The second-order valence-electron chi connectivity index (χ2n) is 6.35. The summed E-state index contributed by atoms with van der Waals surface area (Å²) >= 11 is -1.40. The molecule has 0 saturated heterocycles. The minimum absolute atomic E-state index is 0.0830. The van der Waals surface area contributed by atoms with Crippen LogP contribution in [0.3, 0.4) is 0 Å². The number of rotatable bonds is 10. The van der Waals surface area contributed by atoms with Crippen molar-refractivity contribution in [1.82, 2.24) is 4.72 Å². The lowest BCUT2D eigenvalue weighted by Gasteiger charge is -2.11. The number of unbranched alkanes of at least 4 members (excludes halogenated alkanes) is 2. The van der Waals surface area contributed by atoms with E-state index in [2.05, 4.69) is 10.0 Å². The van der Waals surface area contributed by atoms with Gasteiger partial charge in [0, 0.05) is 19.2 Å². The molecule has 0 saturated carbocycles. The molecular weight excluding hydrogens is 398 g/mol. The van der Waals surface area contributed by atoms with Gasteiger partial charge >= 0.3 is 0 Å². The lowest BCUT2D eigenvalue weighted by Crippen LogP contribution is -2.24. The molecule has 7 nitrogen and oxygen atoms in total. The van der Waals surface area contributed by atoms with Gasteiger partial charge in [0.15, 0.2) is 14.7 Å². The van der Waals surface area contributed by atoms with Gasteiger partial charge in [-0.2, -0.15) is 0 Å². The van der Waals surface area contributed by atoms with E-state index in [4.69, 9.17) is 5.73 Å². The number of sulfone groups is 1. The van der Waals surface area contributed by atoms with E-state index in [1.807, 2.05) is 12.1 Å². The van der Waals surface area contributed by atoms with Crippen molar-refractivity contribution in [2.75, 3.05) is 23.9 Å². The Bertz CT molecular complexity index is 886. The SMILES string of the molecule is CS(=O)(=O)c1ccc([S+]([O-])NCCCCCC(=O)Nc2ccccc2N)cc1. The van der Waals surface area contributed by atoms with Crippen LogP contribution in [-0.4, -0.2) is 31.7 Å². The van der Waals surface area contributed by atoms with Crippen LogP contribution in [0.15, 0.2) is 58.3 Å². The number of carbonyl (C=O) groups is 1. The second-order valence-corrected chi connectivity index (χ2v) is 9.67. The summed E-state index contributed by atoms with van der Waals surface area (Å²) in [5, 5.41) is 2.78. The number of benzene rings is 2. The van der Waals surface area contributed by atoms with E-state index in [1.54, 1.807) is 24.3 Å². The number of anilines is 2. The summed E-state index contributed by atoms with van der Waals surface area (Å²) in [6.45, 7) is 0.535. The van der Waals surface area contributed by atoms with E-state index in [0.717, 1.165) is 25.5 Å². The predicted molar refractivity (Wildman–Crippen MR) is 112 cm³/mol. The number of amides is 1. The summed E-state index contributed by atoms with van der Waals surface area (Å²) in [4.78, 5) is 12.6. The molecule has 9 heteroatoms. The predicted octanol–water partition coefficient (Wildman–Crippen LogP) is 2.48. The molecule has 0 heterocycles. The average Bonchev–Trinajstić information content (AvgIpc) is 2.65. The number of hydrogen-bond acceptors (Lipinski definition) is 6. The third-order valence-corrected chi connectivity index (χ3v) is 6.31. The van der Waals surface area contributed by atoms with Gasteiger partial charge in [0.25, 0.3) is 0 Å². The van der Waals surface area contributed by atoms with Crippen LogP contribution in [-0.2, 0) is 26.0 Å². The largest absolute Gasteiger partial charge is 0.593 e. The number of nitrogen functional groups attached to an aromatic ring is 1. The quantitative estimate of drug-likeness (QED) is 0.306. The van der Waals surface area contributed by atoms with Gasteiger partial charge in [-0.3, -0.25) is 4.79 Å². The monoisotopic (exact) mass is 423 g/mol. The van der Waals surface area contributed by atoms with E-state index in [1.165, 1.54) is 12.1 Å². The van der Waals surface area contributed by atoms with Gasteiger partial charge < -0.3 is 15.6 Å². The summed E-state index contributed by atoms with van der Waals surface area (Å²) < 4.78 is 37.9. The van der Waals surface area contributed by atoms with Gasteiger partial charge in [-0.15, -0.1) is 4.72 Å². The first-order valence-electron chi connectivity index (χ1n) is 8.87. The van der Waals surface area contributed by atoms with E-state index in [9.17, 15) is 17.8 Å². The van der Waals surface area contributed by atoms with Crippen LogP contribution in [0.1, 0.15) is 25.7 Å². The lowest BCUT2D eigenvalue weighted by atomic mass is 10.2. The van der Waals surface area contributed by atoms with Crippen molar-refractivity contribution in [1.29, 1.82) is 0 Å². The third-order valence-electron chi connectivity index (χ3n) is 4.01. The fraction of sp³-hybridized carbons (Fsp3) is 0.316. The molecule has 0 aliphatic heterocycles. The third kappa shape index (κ3) is 7.16. The minimum atomic E-state index is -3.26. The Kier molecular flexibility index (Phi) is 8.31. The Morgan fingerprint density at radius 1 is 1.07 bits per heavy atom. The second kappa shape index (κ2) is 10.5. The number of nitrogens with one attached hydrogen (secondary N) is 2. The summed E-state index contributed by atoms with van der Waals surface area (Å²) in [5.74, 6) is -0.0830. The molecule has 0 aliphatic carbocycles. The summed E-state index contributed by atoms with van der Waals surface area (Å²) in [7, 11) is -3.26. The van der Waals surface area contributed by atoms with Crippen LogP contribution in [0.25, 0.3) is 0 Å². The first-order chi connectivity index (χ1) is 13.3. The van der Waals surface area contributed by atoms with E-state index < -0.39 is 21.2 Å². The highest BCUT2D eigenvalue weighted by molar-refractivity contribution is 7.90. The van der Waals surface area contributed by atoms with Crippen molar-refractivity contribution in [3.8, 4) is 0 Å². The molecule has 0 aliphatic rings. The van der Waals surface area contributed by atoms with Crippen LogP contribution in [0, 0.1) is 0 Å². The maximum atomic E-state index is 12.2. The molecule has 1 atom stereocenters. The molecule has 0 radical (unpaired) electrons. The lowest BCUT2D eigenvalue weighted by molar-refractivity contribution is -0.116. The Morgan fingerprint density at radius 3 is 2.39 bits per heavy atom. The topological polar surface area (TPSA) is 124 Å². The van der Waals surface area contributed by atoms with Crippen LogP contribution in [0.5, 0.6) is 0 Å². The molecule has 2 rings (SSSR count).